The highest BCUT2D eigenvalue weighted by Crippen LogP contribution is 2.25. The van der Waals surface area contributed by atoms with Gasteiger partial charge in [-0.05, 0) is 48.9 Å². The Hall–Kier alpha value is -2.93. The summed E-state index contributed by atoms with van der Waals surface area (Å²) in [6, 6.07) is 17.1. The standard InChI is InChI=1S/C25H28N2O4S/c1-27(15-6-11-22-18-24(26-31-22)20-7-3-2-4-8-20)25(28)14-16-32(29,30)23-13-12-19-9-5-10-21(19)17-23/h2-4,7-8,12-13,17-18H,5-6,9-11,14-16H2,1H3. The van der Waals surface area contributed by atoms with Crippen molar-refractivity contribution < 1.29 is 17.7 Å². The summed E-state index contributed by atoms with van der Waals surface area (Å²) in [6.45, 7) is 0.527. The Bertz CT molecular complexity index is 1190. The van der Waals surface area contributed by atoms with Gasteiger partial charge in [0, 0.05) is 38.1 Å². The molecule has 1 heterocycles. The molecule has 0 spiro atoms. The van der Waals surface area contributed by atoms with Crippen molar-refractivity contribution in [1.29, 1.82) is 0 Å². The highest BCUT2D eigenvalue weighted by atomic mass is 32.2. The van der Waals surface area contributed by atoms with Crippen molar-refractivity contribution in [3.63, 3.8) is 0 Å². The molecule has 0 radical (unpaired) electrons. The van der Waals surface area contributed by atoms with Gasteiger partial charge >= 0.3 is 0 Å². The lowest BCUT2D eigenvalue weighted by Crippen LogP contribution is -2.29. The number of fused-ring (bicyclic) bond motifs is 1. The van der Waals surface area contributed by atoms with Gasteiger partial charge in [-0.3, -0.25) is 4.79 Å². The Morgan fingerprint density at radius 1 is 1.06 bits per heavy atom. The van der Waals surface area contributed by atoms with Crippen molar-refractivity contribution in [1.82, 2.24) is 10.1 Å². The van der Waals surface area contributed by atoms with E-state index in [2.05, 4.69) is 5.16 Å². The molecule has 0 bridgehead atoms. The third kappa shape index (κ3) is 5.27. The van der Waals surface area contributed by atoms with Crippen molar-refractivity contribution in [3.05, 3.63) is 71.5 Å². The van der Waals surface area contributed by atoms with E-state index in [1.807, 2.05) is 42.5 Å². The minimum Gasteiger partial charge on any atom is -0.361 e. The summed E-state index contributed by atoms with van der Waals surface area (Å²) < 4.78 is 30.8. The molecule has 1 aliphatic carbocycles. The summed E-state index contributed by atoms with van der Waals surface area (Å²) >= 11 is 0. The van der Waals surface area contributed by atoms with Gasteiger partial charge in [-0.1, -0.05) is 41.6 Å². The van der Waals surface area contributed by atoms with Gasteiger partial charge in [0.2, 0.25) is 5.91 Å². The van der Waals surface area contributed by atoms with Crippen LogP contribution in [0.1, 0.15) is 36.1 Å². The summed E-state index contributed by atoms with van der Waals surface area (Å²) in [6.07, 6.45) is 4.37. The number of hydrogen-bond donors (Lipinski definition) is 0. The molecule has 168 valence electrons. The average Bonchev–Trinajstić information content (AvgIpc) is 3.47. The zero-order chi connectivity index (χ0) is 22.6. The molecule has 7 heteroatoms. The van der Waals surface area contributed by atoms with Crippen LogP contribution in [0.3, 0.4) is 0 Å². The SMILES string of the molecule is CN(CCCc1cc(-c2ccccc2)no1)C(=O)CCS(=O)(=O)c1ccc2c(c1)CCC2. The number of rotatable bonds is 9. The quantitative estimate of drug-likeness (QED) is 0.489. The number of carbonyl (C=O) groups excluding carboxylic acids is 1. The van der Waals surface area contributed by atoms with Crippen LogP contribution in [0.25, 0.3) is 11.3 Å². The van der Waals surface area contributed by atoms with Crippen LogP contribution < -0.4 is 0 Å². The lowest BCUT2D eigenvalue weighted by Gasteiger charge is -2.16. The second-order valence-corrected chi connectivity index (χ2v) is 10.4. The van der Waals surface area contributed by atoms with Gasteiger partial charge in [0.25, 0.3) is 0 Å². The van der Waals surface area contributed by atoms with E-state index >= 15 is 0 Å². The highest BCUT2D eigenvalue weighted by molar-refractivity contribution is 7.91. The van der Waals surface area contributed by atoms with Crippen LogP contribution in [-0.4, -0.2) is 43.7 Å². The smallest absolute Gasteiger partial charge is 0.223 e. The molecule has 1 aromatic heterocycles. The highest BCUT2D eigenvalue weighted by Gasteiger charge is 2.21. The summed E-state index contributed by atoms with van der Waals surface area (Å²) in [7, 11) is -1.76. The Labute approximate surface area is 189 Å². The zero-order valence-electron chi connectivity index (χ0n) is 18.3. The normalized spacial score (nSPS) is 13.2. The van der Waals surface area contributed by atoms with Crippen LogP contribution in [0.15, 0.2) is 64.0 Å². The third-order valence-electron chi connectivity index (χ3n) is 5.98. The first-order valence-electron chi connectivity index (χ1n) is 11.0. The molecular weight excluding hydrogens is 424 g/mol. The first kappa shape index (κ1) is 22.3. The molecule has 4 rings (SSSR count). The predicted molar refractivity (Wildman–Crippen MR) is 123 cm³/mol. The topological polar surface area (TPSA) is 80.5 Å². The zero-order valence-corrected chi connectivity index (χ0v) is 19.1. The monoisotopic (exact) mass is 452 g/mol. The van der Waals surface area contributed by atoms with Crippen molar-refractivity contribution in [2.24, 2.45) is 0 Å². The van der Waals surface area contributed by atoms with Gasteiger partial charge in [-0.15, -0.1) is 0 Å². The van der Waals surface area contributed by atoms with E-state index in [-0.39, 0.29) is 18.1 Å². The van der Waals surface area contributed by atoms with E-state index in [0.717, 1.165) is 41.8 Å². The fourth-order valence-corrected chi connectivity index (χ4v) is 5.34. The average molecular weight is 453 g/mol. The number of benzene rings is 2. The maximum Gasteiger partial charge on any atom is 0.223 e. The molecule has 0 fully saturated rings. The molecule has 1 aliphatic rings. The molecular formula is C25H28N2O4S. The molecule has 0 N–H and O–H groups in total. The number of nitrogens with zero attached hydrogens (tertiary/aromatic N) is 2. The first-order chi connectivity index (χ1) is 15.4. The van der Waals surface area contributed by atoms with Crippen LogP contribution >= 0.6 is 0 Å². The van der Waals surface area contributed by atoms with Crippen molar-refractivity contribution in [2.75, 3.05) is 19.3 Å². The summed E-state index contributed by atoms with van der Waals surface area (Å²) in [5.74, 6) is 0.429. The van der Waals surface area contributed by atoms with Crippen LogP contribution in [-0.2, 0) is 33.9 Å². The Kier molecular flexibility index (Phi) is 6.74. The summed E-state index contributed by atoms with van der Waals surface area (Å²) in [5.41, 5.74) is 4.15. The number of aryl methyl sites for hydroxylation is 3. The van der Waals surface area contributed by atoms with Crippen molar-refractivity contribution >= 4 is 15.7 Å². The summed E-state index contributed by atoms with van der Waals surface area (Å²) in [5, 5.41) is 4.10. The van der Waals surface area contributed by atoms with E-state index in [1.165, 1.54) is 5.56 Å². The molecule has 3 aromatic rings. The molecule has 0 atom stereocenters. The second-order valence-electron chi connectivity index (χ2n) is 8.32. The van der Waals surface area contributed by atoms with Crippen LogP contribution in [0.5, 0.6) is 0 Å². The maximum absolute atomic E-state index is 12.7. The van der Waals surface area contributed by atoms with Crippen molar-refractivity contribution in [3.8, 4) is 11.3 Å². The van der Waals surface area contributed by atoms with E-state index in [9.17, 15) is 13.2 Å². The number of aromatic nitrogens is 1. The van der Waals surface area contributed by atoms with E-state index in [1.54, 1.807) is 24.1 Å². The molecule has 2 aromatic carbocycles. The largest absolute Gasteiger partial charge is 0.361 e. The first-order valence-corrected chi connectivity index (χ1v) is 12.7. The van der Waals surface area contributed by atoms with Crippen LogP contribution in [0.2, 0.25) is 0 Å². The molecule has 0 unspecified atom stereocenters. The fraction of sp³-hybridized carbons (Fsp3) is 0.360. The predicted octanol–water partition coefficient (Wildman–Crippen LogP) is 4.09. The lowest BCUT2D eigenvalue weighted by atomic mass is 10.1. The minimum absolute atomic E-state index is 0.0175. The molecule has 0 aliphatic heterocycles. The number of hydrogen-bond acceptors (Lipinski definition) is 5. The van der Waals surface area contributed by atoms with Gasteiger partial charge in [0.1, 0.15) is 11.5 Å². The number of amides is 1. The Morgan fingerprint density at radius 2 is 1.84 bits per heavy atom. The number of sulfone groups is 1. The molecule has 1 amide bonds. The molecule has 0 saturated heterocycles. The minimum atomic E-state index is -3.47. The van der Waals surface area contributed by atoms with Crippen molar-refractivity contribution in [2.45, 2.75) is 43.4 Å². The second kappa shape index (κ2) is 9.69. The van der Waals surface area contributed by atoms with E-state index in [0.29, 0.717) is 24.3 Å². The molecule has 32 heavy (non-hydrogen) atoms. The lowest BCUT2D eigenvalue weighted by molar-refractivity contribution is -0.129. The number of carbonyl (C=O) groups is 1. The van der Waals surface area contributed by atoms with Gasteiger partial charge in [-0.2, -0.15) is 0 Å². The van der Waals surface area contributed by atoms with Gasteiger partial charge in [0.05, 0.1) is 10.6 Å². The summed E-state index contributed by atoms with van der Waals surface area (Å²) in [4.78, 5) is 14.4. The third-order valence-corrected chi connectivity index (χ3v) is 7.70. The molecule has 6 nitrogen and oxygen atoms in total. The van der Waals surface area contributed by atoms with E-state index < -0.39 is 9.84 Å². The van der Waals surface area contributed by atoms with Gasteiger partial charge in [0.15, 0.2) is 9.84 Å². The Balaban J connectivity index is 1.24. The maximum atomic E-state index is 12.7. The van der Waals surface area contributed by atoms with Gasteiger partial charge < -0.3 is 9.42 Å². The van der Waals surface area contributed by atoms with Crippen LogP contribution in [0.4, 0.5) is 0 Å². The molecule has 0 saturated carbocycles. The van der Waals surface area contributed by atoms with Crippen LogP contribution in [0, 0.1) is 0 Å². The van der Waals surface area contributed by atoms with E-state index in [4.69, 9.17) is 4.52 Å². The fourth-order valence-electron chi connectivity index (χ4n) is 4.06. The Morgan fingerprint density at radius 3 is 2.66 bits per heavy atom. The van der Waals surface area contributed by atoms with Gasteiger partial charge in [-0.25, -0.2) is 8.42 Å².